The van der Waals surface area contributed by atoms with E-state index >= 15 is 0 Å². The molecule has 0 saturated carbocycles. The molecule has 0 radical (unpaired) electrons. The molecule has 0 N–H and O–H groups in total. The summed E-state index contributed by atoms with van der Waals surface area (Å²) in [6.07, 6.45) is 3.37. The Morgan fingerprint density at radius 3 is 2.00 bits per heavy atom. The number of pyridine rings is 1. The Bertz CT molecular complexity index is 142. The third-order valence-corrected chi connectivity index (χ3v) is 0.922. The van der Waals surface area contributed by atoms with Gasteiger partial charge >= 0.3 is 29.6 Å². The van der Waals surface area contributed by atoms with Crippen LogP contribution in [-0.4, -0.2) is 4.98 Å². The van der Waals surface area contributed by atoms with E-state index in [2.05, 4.69) is 4.98 Å². The summed E-state index contributed by atoms with van der Waals surface area (Å²) in [4.78, 5) is 4.62. The van der Waals surface area contributed by atoms with Crippen molar-refractivity contribution in [2.24, 2.45) is 0 Å². The SMILES string of the molecule is [Na+].[S-]c1ccncc1. The van der Waals surface area contributed by atoms with E-state index in [1.54, 1.807) is 24.5 Å². The molecule has 36 valence electrons. The van der Waals surface area contributed by atoms with E-state index in [1.807, 2.05) is 0 Å². The minimum atomic E-state index is 0. The van der Waals surface area contributed by atoms with E-state index in [0.717, 1.165) is 4.90 Å². The maximum absolute atomic E-state index is 4.77. The molecule has 0 bridgehead atoms. The largest absolute Gasteiger partial charge is 1.00 e. The summed E-state index contributed by atoms with van der Waals surface area (Å²) in [7, 11) is 0. The van der Waals surface area contributed by atoms with Crippen LogP contribution in [0.25, 0.3) is 0 Å². The van der Waals surface area contributed by atoms with Gasteiger partial charge in [-0.1, -0.05) is 12.1 Å². The van der Waals surface area contributed by atoms with Gasteiger partial charge in [-0.05, 0) is 0 Å². The van der Waals surface area contributed by atoms with E-state index < -0.39 is 0 Å². The number of hydrogen-bond acceptors (Lipinski definition) is 2. The van der Waals surface area contributed by atoms with E-state index in [0.29, 0.717) is 0 Å². The van der Waals surface area contributed by atoms with Crippen LogP contribution in [0.15, 0.2) is 29.4 Å². The summed E-state index contributed by atoms with van der Waals surface area (Å²) in [6, 6.07) is 3.57. The van der Waals surface area contributed by atoms with Gasteiger partial charge in [-0.3, -0.25) is 4.98 Å². The van der Waals surface area contributed by atoms with Crippen LogP contribution in [0.4, 0.5) is 0 Å². The molecule has 0 atom stereocenters. The fraction of sp³-hybridized carbons (Fsp3) is 0. The molecule has 1 nitrogen and oxygen atoms in total. The fourth-order valence-corrected chi connectivity index (χ4v) is 0.460. The van der Waals surface area contributed by atoms with Gasteiger partial charge in [0.1, 0.15) is 0 Å². The molecule has 0 aliphatic rings. The first kappa shape index (κ1) is 8.37. The number of aromatic nitrogens is 1. The van der Waals surface area contributed by atoms with Gasteiger partial charge in [0.25, 0.3) is 0 Å². The molecule has 1 rings (SSSR count). The van der Waals surface area contributed by atoms with Crippen LogP contribution >= 0.6 is 0 Å². The molecular weight excluding hydrogens is 129 g/mol. The molecule has 0 spiro atoms. The summed E-state index contributed by atoms with van der Waals surface area (Å²) in [5.74, 6) is 0. The topological polar surface area (TPSA) is 12.9 Å². The molecule has 0 unspecified atom stereocenters. The minimum absolute atomic E-state index is 0. The predicted octanol–water partition coefficient (Wildman–Crippen LogP) is -2.01. The van der Waals surface area contributed by atoms with E-state index in [4.69, 9.17) is 12.6 Å². The Hall–Kier alpha value is 0.370. The van der Waals surface area contributed by atoms with Crippen LogP contribution in [-0.2, 0) is 12.6 Å². The third kappa shape index (κ3) is 2.62. The maximum Gasteiger partial charge on any atom is 1.00 e. The van der Waals surface area contributed by atoms with Crippen molar-refractivity contribution in [2.75, 3.05) is 0 Å². The van der Waals surface area contributed by atoms with E-state index in [1.165, 1.54) is 0 Å². The van der Waals surface area contributed by atoms with Gasteiger partial charge in [0.05, 0.1) is 0 Å². The fourth-order valence-electron chi connectivity index (χ4n) is 0.338. The summed E-state index contributed by atoms with van der Waals surface area (Å²) in [5.41, 5.74) is 0. The van der Waals surface area contributed by atoms with Crippen LogP contribution in [0.1, 0.15) is 0 Å². The summed E-state index contributed by atoms with van der Waals surface area (Å²) < 4.78 is 0. The number of rotatable bonds is 0. The first-order valence-electron chi connectivity index (χ1n) is 1.96. The maximum atomic E-state index is 4.77. The molecule has 1 aromatic rings. The molecule has 3 heteroatoms. The first-order chi connectivity index (χ1) is 3.39. The molecule has 0 amide bonds. The zero-order valence-electron chi connectivity index (χ0n) is 4.66. The Kier molecular flexibility index (Phi) is 4.47. The summed E-state index contributed by atoms with van der Waals surface area (Å²) in [5, 5.41) is 0. The van der Waals surface area contributed by atoms with E-state index in [9.17, 15) is 0 Å². The van der Waals surface area contributed by atoms with Gasteiger partial charge in [0.2, 0.25) is 0 Å². The van der Waals surface area contributed by atoms with Crippen LogP contribution in [0.5, 0.6) is 0 Å². The second kappa shape index (κ2) is 4.27. The van der Waals surface area contributed by atoms with Crippen molar-refractivity contribution in [3.05, 3.63) is 24.5 Å². The smallest absolute Gasteiger partial charge is 0.780 e. The van der Waals surface area contributed by atoms with Gasteiger partial charge in [0, 0.05) is 12.4 Å². The Labute approximate surface area is 76.2 Å². The van der Waals surface area contributed by atoms with E-state index in [-0.39, 0.29) is 29.6 Å². The second-order valence-electron chi connectivity index (χ2n) is 1.18. The molecule has 1 aromatic heterocycles. The average molecular weight is 133 g/mol. The molecule has 0 aliphatic heterocycles. The van der Waals surface area contributed by atoms with Crippen molar-refractivity contribution in [3.63, 3.8) is 0 Å². The van der Waals surface area contributed by atoms with Crippen LogP contribution in [0, 0.1) is 0 Å². The monoisotopic (exact) mass is 133 g/mol. The molecular formula is C5H4NNaS. The zero-order valence-corrected chi connectivity index (χ0v) is 7.48. The number of nitrogens with zero attached hydrogens (tertiary/aromatic N) is 1. The van der Waals surface area contributed by atoms with Crippen molar-refractivity contribution >= 4 is 12.6 Å². The standard InChI is InChI=1S/C5H5NS.Na/c7-5-1-3-6-4-2-5;/h1-4H,(H,6,7);/q;+1/p-1. The van der Waals surface area contributed by atoms with Gasteiger partial charge in [-0.15, -0.1) is 0 Å². The van der Waals surface area contributed by atoms with Crippen LogP contribution in [0.2, 0.25) is 0 Å². The normalized spacial score (nSPS) is 7.50. The van der Waals surface area contributed by atoms with Crippen LogP contribution in [0.3, 0.4) is 0 Å². The quantitative estimate of drug-likeness (QED) is 0.300. The summed E-state index contributed by atoms with van der Waals surface area (Å²) in [6.45, 7) is 0. The zero-order chi connectivity index (χ0) is 5.11. The van der Waals surface area contributed by atoms with Crippen molar-refractivity contribution in [3.8, 4) is 0 Å². The Balaban J connectivity index is 0.000000490. The second-order valence-corrected chi connectivity index (χ2v) is 1.65. The first-order valence-corrected chi connectivity index (χ1v) is 2.37. The van der Waals surface area contributed by atoms with Gasteiger partial charge in [-0.25, -0.2) is 0 Å². The minimum Gasteiger partial charge on any atom is -0.780 e. The Morgan fingerprint density at radius 2 is 1.75 bits per heavy atom. The van der Waals surface area contributed by atoms with Crippen molar-refractivity contribution in [1.82, 2.24) is 4.98 Å². The average Bonchev–Trinajstić information content (AvgIpc) is 1.69. The Morgan fingerprint density at radius 1 is 1.25 bits per heavy atom. The van der Waals surface area contributed by atoms with Crippen LogP contribution < -0.4 is 29.6 Å². The molecule has 8 heavy (non-hydrogen) atoms. The van der Waals surface area contributed by atoms with Crippen molar-refractivity contribution in [1.29, 1.82) is 0 Å². The van der Waals surface area contributed by atoms with Crippen molar-refractivity contribution < 1.29 is 29.6 Å². The van der Waals surface area contributed by atoms with Crippen molar-refractivity contribution in [2.45, 2.75) is 4.90 Å². The number of hydrogen-bond donors (Lipinski definition) is 0. The van der Waals surface area contributed by atoms with Gasteiger partial charge in [-0.2, -0.15) is 4.90 Å². The summed E-state index contributed by atoms with van der Waals surface area (Å²) >= 11 is 4.77. The molecule has 1 heterocycles. The van der Waals surface area contributed by atoms with Gasteiger partial charge < -0.3 is 12.6 Å². The molecule has 0 fully saturated rings. The molecule has 0 aliphatic carbocycles. The molecule has 0 aromatic carbocycles. The molecule has 0 saturated heterocycles. The van der Waals surface area contributed by atoms with Gasteiger partial charge in [0.15, 0.2) is 0 Å². The third-order valence-electron chi connectivity index (χ3n) is 0.650. The predicted molar refractivity (Wildman–Crippen MR) is 29.9 cm³/mol.